The van der Waals surface area contributed by atoms with Gasteiger partial charge in [-0.1, -0.05) is 24.3 Å². The molecular formula is C26H29N5O3. The molecule has 0 radical (unpaired) electrons. The first-order valence-electron chi connectivity index (χ1n) is 11.1. The number of ether oxygens (including phenoxy) is 1. The van der Waals surface area contributed by atoms with Gasteiger partial charge in [0, 0.05) is 37.0 Å². The number of carbonyl (C=O) groups is 2. The number of anilines is 1. The first-order chi connectivity index (χ1) is 16.3. The van der Waals surface area contributed by atoms with Crippen molar-refractivity contribution in [1.82, 2.24) is 15.6 Å². The second-order valence-electron chi connectivity index (χ2n) is 8.21. The van der Waals surface area contributed by atoms with E-state index < -0.39 is 0 Å². The van der Waals surface area contributed by atoms with Gasteiger partial charge in [-0.3, -0.25) is 9.59 Å². The van der Waals surface area contributed by atoms with Crippen LogP contribution in [0.25, 0.3) is 22.0 Å². The van der Waals surface area contributed by atoms with Crippen molar-refractivity contribution in [2.45, 2.75) is 26.8 Å². The lowest BCUT2D eigenvalue weighted by molar-refractivity contribution is -0.119. The minimum absolute atomic E-state index is 0.147. The highest BCUT2D eigenvalue weighted by Crippen LogP contribution is 2.35. The van der Waals surface area contributed by atoms with Gasteiger partial charge in [-0.2, -0.15) is 5.26 Å². The van der Waals surface area contributed by atoms with E-state index >= 15 is 0 Å². The van der Waals surface area contributed by atoms with Crippen LogP contribution in [0.4, 0.5) is 5.69 Å². The van der Waals surface area contributed by atoms with Crippen molar-refractivity contribution >= 4 is 28.3 Å². The maximum absolute atomic E-state index is 12.6. The van der Waals surface area contributed by atoms with Gasteiger partial charge in [-0.05, 0) is 43.5 Å². The Morgan fingerprint density at radius 1 is 1.12 bits per heavy atom. The van der Waals surface area contributed by atoms with Crippen LogP contribution < -0.4 is 20.7 Å². The van der Waals surface area contributed by atoms with Crippen molar-refractivity contribution in [3.63, 3.8) is 0 Å². The molecule has 3 N–H and O–H groups in total. The molecule has 1 unspecified atom stereocenters. The zero-order valence-corrected chi connectivity index (χ0v) is 19.8. The number of rotatable bonds is 9. The number of pyridine rings is 1. The molecule has 2 aromatic carbocycles. The van der Waals surface area contributed by atoms with Gasteiger partial charge in [-0.25, -0.2) is 4.98 Å². The molecule has 8 nitrogen and oxygen atoms in total. The molecule has 0 aliphatic carbocycles. The van der Waals surface area contributed by atoms with E-state index in [2.05, 4.69) is 27.0 Å². The number of fused-ring (bicyclic) bond motifs is 1. The summed E-state index contributed by atoms with van der Waals surface area (Å²) < 4.78 is 5.55. The van der Waals surface area contributed by atoms with Crippen molar-refractivity contribution in [1.29, 1.82) is 5.26 Å². The number of hydrogen-bond donors (Lipinski definition) is 3. The highest BCUT2D eigenvalue weighted by atomic mass is 16.5. The van der Waals surface area contributed by atoms with Gasteiger partial charge in [0.1, 0.15) is 11.4 Å². The van der Waals surface area contributed by atoms with Crippen LogP contribution in [0.5, 0.6) is 5.75 Å². The second-order valence-corrected chi connectivity index (χ2v) is 8.21. The monoisotopic (exact) mass is 459 g/mol. The number of nitriles is 1. The predicted molar refractivity (Wildman–Crippen MR) is 133 cm³/mol. The van der Waals surface area contributed by atoms with Gasteiger partial charge >= 0.3 is 0 Å². The van der Waals surface area contributed by atoms with Gasteiger partial charge in [0.15, 0.2) is 0 Å². The molecule has 0 aliphatic rings. The fraction of sp³-hybridized carbons (Fsp3) is 0.308. The third-order valence-electron chi connectivity index (χ3n) is 5.30. The van der Waals surface area contributed by atoms with E-state index in [1.807, 2.05) is 50.2 Å². The minimum atomic E-state index is -0.311. The molecule has 0 spiro atoms. The van der Waals surface area contributed by atoms with Crippen molar-refractivity contribution in [3.05, 3.63) is 54.2 Å². The second kappa shape index (κ2) is 11.1. The summed E-state index contributed by atoms with van der Waals surface area (Å²) in [6.07, 6.45) is 0. The van der Waals surface area contributed by atoms with Crippen molar-refractivity contribution in [3.8, 4) is 23.1 Å². The minimum Gasteiger partial charge on any atom is -0.495 e. The first-order valence-corrected chi connectivity index (χ1v) is 11.1. The predicted octanol–water partition coefficient (Wildman–Crippen LogP) is 3.74. The van der Waals surface area contributed by atoms with Crippen molar-refractivity contribution in [2.75, 3.05) is 25.5 Å². The van der Waals surface area contributed by atoms with Crippen LogP contribution in [-0.2, 0) is 4.79 Å². The summed E-state index contributed by atoms with van der Waals surface area (Å²) in [5, 5.41) is 20.0. The van der Waals surface area contributed by atoms with Crippen LogP contribution in [0.15, 0.2) is 48.5 Å². The van der Waals surface area contributed by atoms with E-state index in [4.69, 9.17) is 10.00 Å². The zero-order valence-electron chi connectivity index (χ0n) is 19.8. The zero-order chi connectivity index (χ0) is 24.7. The molecule has 0 saturated carbocycles. The van der Waals surface area contributed by atoms with Crippen LogP contribution in [0.3, 0.4) is 0 Å². The van der Waals surface area contributed by atoms with Crippen LogP contribution in [0, 0.1) is 17.2 Å². The number of carbonyl (C=O) groups excluding carboxylic acids is 2. The Balaban J connectivity index is 1.89. The normalized spacial score (nSPS) is 12.3. The lowest BCUT2D eigenvalue weighted by Gasteiger charge is -2.16. The molecule has 2 amide bonds. The number of amides is 2. The largest absolute Gasteiger partial charge is 0.495 e. The van der Waals surface area contributed by atoms with E-state index in [1.165, 1.54) is 6.92 Å². The van der Waals surface area contributed by atoms with Gasteiger partial charge < -0.3 is 20.7 Å². The number of methoxy groups -OCH3 is 1. The SMILES string of the molecule is COc1ccc2ccc(-c3cccc(C(=O)NC[C@H](C)NC(C)=O)n3)cc2c1NCC(C)C#N. The highest BCUT2D eigenvalue weighted by Gasteiger charge is 2.14. The Labute approximate surface area is 199 Å². The van der Waals surface area contributed by atoms with Crippen LogP contribution in [0.2, 0.25) is 0 Å². The van der Waals surface area contributed by atoms with Gasteiger partial charge in [0.05, 0.1) is 30.5 Å². The first kappa shape index (κ1) is 24.5. The van der Waals surface area contributed by atoms with Crippen LogP contribution in [-0.4, -0.2) is 43.0 Å². The number of aromatic nitrogens is 1. The van der Waals surface area contributed by atoms with E-state index in [0.29, 0.717) is 30.2 Å². The molecule has 2 atom stereocenters. The maximum atomic E-state index is 12.6. The molecule has 0 saturated heterocycles. The topological polar surface area (TPSA) is 116 Å². The molecule has 0 fully saturated rings. The Morgan fingerprint density at radius 3 is 2.59 bits per heavy atom. The molecule has 3 aromatic rings. The summed E-state index contributed by atoms with van der Waals surface area (Å²) in [6.45, 7) is 5.90. The Bertz CT molecular complexity index is 1230. The van der Waals surface area contributed by atoms with E-state index in [1.54, 1.807) is 19.2 Å². The van der Waals surface area contributed by atoms with Crippen LogP contribution in [0.1, 0.15) is 31.3 Å². The summed E-state index contributed by atoms with van der Waals surface area (Å²) in [5.41, 5.74) is 2.60. The third kappa shape index (κ3) is 6.01. The molecule has 0 bridgehead atoms. The molecule has 1 heterocycles. The average molecular weight is 460 g/mol. The number of benzene rings is 2. The van der Waals surface area contributed by atoms with E-state index in [-0.39, 0.29) is 23.8 Å². The Hall–Kier alpha value is -4.12. The smallest absolute Gasteiger partial charge is 0.269 e. The molecule has 34 heavy (non-hydrogen) atoms. The molecule has 176 valence electrons. The summed E-state index contributed by atoms with van der Waals surface area (Å²) in [6, 6.07) is 17.2. The van der Waals surface area contributed by atoms with Gasteiger partial charge in [0.25, 0.3) is 5.91 Å². The maximum Gasteiger partial charge on any atom is 0.269 e. The van der Waals surface area contributed by atoms with E-state index in [0.717, 1.165) is 22.0 Å². The molecular weight excluding hydrogens is 430 g/mol. The average Bonchev–Trinajstić information content (AvgIpc) is 2.84. The van der Waals surface area contributed by atoms with Gasteiger partial charge in [-0.15, -0.1) is 0 Å². The molecule has 3 rings (SSSR count). The Morgan fingerprint density at radius 2 is 1.88 bits per heavy atom. The quantitative estimate of drug-likeness (QED) is 0.449. The summed E-state index contributed by atoms with van der Waals surface area (Å²) in [7, 11) is 1.61. The number of nitrogens with one attached hydrogen (secondary N) is 3. The third-order valence-corrected chi connectivity index (χ3v) is 5.30. The summed E-state index contributed by atoms with van der Waals surface area (Å²) in [5.74, 6) is 0.0673. The molecule has 0 aliphatic heterocycles. The number of hydrogen-bond acceptors (Lipinski definition) is 6. The fourth-order valence-electron chi connectivity index (χ4n) is 3.57. The summed E-state index contributed by atoms with van der Waals surface area (Å²) in [4.78, 5) is 28.3. The molecule has 8 heteroatoms. The van der Waals surface area contributed by atoms with E-state index in [9.17, 15) is 9.59 Å². The van der Waals surface area contributed by atoms with Crippen molar-refractivity contribution in [2.24, 2.45) is 5.92 Å². The fourth-order valence-corrected chi connectivity index (χ4v) is 3.57. The van der Waals surface area contributed by atoms with Gasteiger partial charge in [0.2, 0.25) is 5.91 Å². The highest BCUT2D eigenvalue weighted by molar-refractivity contribution is 5.99. The lowest BCUT2D eigenvalue weighted by Crippen LogP contribution is -2.41. The molecule has 1 aromatic heterocycles. The standard InChI is InChI=1S/C26H29N5O3/c1-16(13-27)14-28-25-21-12-20(9-8-19(21)10-11-24(25)34-4)22-6-5-7-23(31-22)26(33)29-15-17(2)30-18(3)32/h5-12,16-17,28H,14-15H2,1-4H3,(H,29,33)(H,30,32)/t16?,17-/m0/s1. The summed E-state index contributed by atoms with van der Waals surface area (Å²) >= 11 is 0. The van der Waals surface area contributed by atoms with Crippen molar-refractivity contribution < 1.29 is 14.3 Å². The number of nitrogens with zero attached hydrogens (tertiary/aromatic N) is 2. The lowest BCUT2D eigenvalue weighted by atomic mass is 10.0. The Kier molecular flexibility index (Phi) is 8.04. The van der Waals surface area contributed by atoms with Crippen LogP contribution >= 0.6 is 0 Å².